The molecular weight excluding hydrogens is 377 g/mol. The second-order valence-electron chi connectivity index (χ2n) is 6.12. The maximum Gasteiger partial charge on any atom is 0.269 e. The second kappa shape index (κ2) is 8.03. The molecule has 1 fully saturated rings. The number of amides is 1. The zero-order chi connectivity index (χ0) is 18.7. The fraction of sp³-hybridized carbons (Fsp3) is 0.278. The number of rotatable bonds is 4. The van der Waals surface area contributed by atoms with Crippen molar-refractivity contribution in [3.8, 4) is 0 Å². The molecule has 1 aliphatic rings. The van der Waals surface area contributed by atoms with E-state index >= 15 is 0 Å². The van der Waals surface area contributed by atoms with Gasteiger partial charge in [0.15, 0.2) is 0 Å². The Bertz CT molecular complexity index is 819. The lowest BCUT2D eigenvalue weighted by molar-refractivity contribution is -0.384. The number of benzene rings is 2. The van der Waals surface area contributed by atoms with E-state index in [2.05, 4.69) is 4.90 Å². The smallest absolute Gasteiger partial charge is 0.269 e. The molecule has 0 radical (unpaired) electrons. The van der Waals surface area contributed by atoms with Gasteiger partial charge >= 0.3 is 0 Å². The summed E-state index contributed by atoms with van der Waals surface area (Å²) in [6, 6.07) is 11.3. The standard InChI is InChI=1S/C18H17Cl2N3O3/c19-16-6-1-13(11-17(16)20)12-21-7-9-22(10-8-21)18(24)14-2-4-15(5-3-14)23(25)26/h1-6,11H,7-10,12H2. The SMILES string of the molecule is O=C(c1ccc([N+](=O)[O-])cc1)N1CCN(Cc2ccc(Cl)c(Cl)c2)CC1. The highest BCUT2D eigenvalue weighted by molar-refractivity contribution is 6.42. The molecule has 8 heteroatoms. The van der Waals surface area contributed by atoms with Crippen molar-refractivity contribution in [3.63, 3.8) is 0 Å². The number of nitro groups is 1. The van der Waals surface area contributed by atoms with Crippen molar-refractivity contribution in [3.05, 3.63) is 73.8 Å². The van der Waals surface area contributed by atoms with Gasteiger partial charge in [0, 0.05) is 50.4 Å². The third kappa shape index (κ3) is 4.33. The summed E-state index contributed by atoms with van der Waals surface area (Å²) in [7, 11) is 0. The van der Waals surface area contributed by atoms with Gasteiger partial charge in [-0.2, -0.15) is 0 Å². The van der Waals surface area contributed by atoms with Crippen molar-refractivity contribution in [2.45, 2.75) is 6.54 Å². The molecule has 0 bridgehead atoms. The predicted octanol–water partition coefficient (Wildman–Crippen LogP) is 3.86. The van der Waals surface area contributed by atoms with Gasteiger partial charge < -0.3 is 4.90 Å². The largest absolute Gasteiger partial charge is 0.336 e. The Labute approximate surface area is 161 Å². The van der Waals surface area contributed by atoms with Crippen LogP contribution in [-0.4, -0.2) is 46.8 Å². The van der Waals surface area contributed by atoms with Crippen molar-refractivity contribution in [2.24, 2.45) is 0 Å². The molecule has 26 heavy (non-hydrogen) atoms. The van der Waals surface area contributed by atoms with Crippen LogP contribution in [0.5, 0.6) is 0 Å². The molecule has 136 valence electrons. The summed E-state index contributed by atoms with van der Waals surface area (Å²) in [6.45, 7) is 3.46. The molecule has 6 nitrogen and oxygen atoms in total. The first-order chi connectivity index (χ1) is 12.4. The number of carbonyl (C=O) groups is 1. The van der Waals surface area contributed by atoms with Crippen LogP contribution in [0.4, 0.5) is 5.69 Å². The van der Waals surface area contributed by atoms with Crippen molar-refractivity contribution in [1.29, 1.82) is 0 Å². The first-order valence-electron chi connectivity index (χ1n) is 8.14. The van der Waals surface area contributed by atoms with Crippen LogP contribution >= 0.6 is 23.2 Å². The highest BCUT2D eigenvalue weighted by atomic mass is 35.5. The highest BCUT2D eigenvalue weighted by Gasteiger charge is 2.22. The normalized spacial score (nSPS) is 15.1. The molecule has 0 N–H and O–H groups in total. The van der Waals surface area contributed by atoms with Gasteiger partial charge in [-0.25, -0.2) is 0 Å². The molecule has 1 heterocycles. The quantitative estimate of drug-likeness (QED) is 0.584. The van der Waals surface area contributed by atoms with E-state index in [1.165, 1.54) is 24.3 Å². The molecule has 1 saturated heterocycles. The van der Waals surface area contributed by atoms with E-state index in [-0.39, 0.29) is 11.6 Å². The fourth-order valence-electron chi connectivity index (χ4n) is 2.91. The van der Waals surface area contributed by atoms with Gasteiger partial charge in [-0.1, -0.05) is 29.3 Å². The maximum atomic E-state index is 12.5. The van der Waals surface area contributed by atoms with Crippen molar-refractivity contribution >= 4 is 34.8 Å². The van der Waals surface area contributed by atoms with Gasteiger partial charge in [-0.05, 0) is 29.8 Å². The maximum absolute atomic E-state index is 12.5. The van der Waals surface area contributed by atoms with Gasteiger partial charge in [0.25, 0.3) is 11.6 Å². The number of halogens is 2. The molecule has 0 atom stereocenters. The summed E-state index contributed by atoms with van der Waals surface area (Å²) >= 11 is 12.0. The van der Waals surface area contributed by atoms with E-state index in [1.807, 2.05) is 12.1 Å². The van der Waals surface area contributed by atoms with Gasteiger partial charge in [-0.15, -0.1) is 0 Å². The van der Waals surface area contributed by atoms with Crippen molar-refractivity contribution in [2.75, 3.05) is 26.2 Å². The van der Waals surface area contributed by atoms with E-state index in [4.69, 9.17) is 23.2 Å². The predicted molar refractivity (Wildman–Crippen MR) is 101 cm³/mol. The molecule has 0 saturated carbocycles. The summed E-state index contributed by atoms with van der Waals surface area (Å²) in [5.41, 5.74) is 1.52. The molecule has 0 aliphatic carbocycles. The van der Waals surface area contributed by atoms with Gasteiger partial charge in [-0.3, -0.25) is 19.8 Å². The molecule has 0 aromatic heterocycles. The van der Waals surface area contributed by atoms with Crippen LogP contribution in [0.2, 0.25) is 10.0 Å². The summed E-state index contributed by atoms with van der Waals surface area (Å²) < 4.78 is 0. The Kier molecular flexibility index (Phi) is 5.76. The number of carbonyl (C=O) groups excluding carboxylic acids is 1. The van der Waals surface area contributed by atoms with Gasteiger partial charge in [0.05, 0.1) is 15.0 Å². The third-order valence-corrected chi connectivity index (χ3v) is 5.11. The molecule has 3 rings (SSSR count). The van der Waals surface area contributed by atoms with Crippen molar-refractivity contribution in [1.82, 2.24) is 9.80 Å². The molecule has 1 amide bonds. The van der Waals surface area contributed by atoms with Crippen LogP contribution in [0.15, 0.2) is 42.5 Å². The lowest BCUT2D eigenvalue weighted by atomic mass is 10.1. The minimum absolute atomic E-state index is 0.0204. The van der Waals surface area contributed by atoms with Gasteiger partial charge in [0.2, 0.25) is 0 Å². The molecule has 0 spiro atoms. The van der Waals surface area contributed by atoms with E-state index < -0.39 is 4.92 Å². The number of hydrogen-bond acceptors (Lipinski definition) is 4. The molecule has 0 unspecified atom stereocenters. The van der Waals surface area contributed by atoms with Crippen molar-refractivity contribution < 1.29 is 9.72 Å². The summed E-state index contributed by atoms with van der Waals surface area (Å²) in [6.07, 6.45) is 0. The van der Waals surface area contributed by atoms with E-state index in [1.54, 1.807) is 11.0 Å². The number of nitro benzene ring substituents is 1. The topological polar surface area (TPSA) is 66.7 Å². The second-order valence-corrected chi connectivity index (χ2v) is 6.94. The van der Waals surface area contributed by atoms with Crippen LogP contribution in [0, 0.1) is 10.1 Å². The average molecular weight is 394 g/mol. The zero-order valence-corrected chi connectivity index (χ0v) is 15.4. The Balaban J connectivity index is 1.56. The molecule has 1 aliphatic heterocycles. The number of hydrogen-bond donors (Lipinski definition) is 0. The summed E-state index contributed by atoms with van der Waals surface area (Å²) in [4.78, 5) is 26.8. The number of nitrogens with zero attached hydrogens (tertiary/aromatic N) is 3. The average Bonchev–Trinajstić information content (AvgIpc) is 2.65. The minimum atomic E-state index is -0.476. The van der Waals surface area contributed by atoms with E-state index in [0.29, 0.717) is 28.7 Å². The Morgan fingerprint density at radius 2 is 1.65 bits per heavy atom. The van der Waals surface area contributed by atoms with Crippen LogP contribution in [0.1, 0.15) is 15.9 Å². The fourth-order valence-corrected chi connectivity index (χ4v) is 3.23. The minimum Gasteiger partial charge on any atom is -0.336 e. The van der Waals surface area contributed by atoms with Crippen LogP contribution in [0.3, 0.4) is 0 Å². The molecule has 2 aromatic rings. The van der Waals surface area contributed by atoms with E-state index in [9.17, 15) is 14.9 Å². The van der Waals surface area contributed by atoms with Crippen LogP contribution in [0.25, 0.3) is 0 Å². The summed E-state index contributed by atoms with van der Waals surface area (Å²) in [5, 5.41) is 11.8. The Hall–Kier alpha value is -2.15. The van der Waals surface area contributed by atoms with Crippen LogP contribution in [-0.2, 0) is 6.54 Å². The molecule has 2 aromatic carbocycles. The highest BCUT2D eigenvalue weighted by Crippen LogP contribution is 2.23. The van der Waals surface area contributed by atoms with Crippen LogP contribution < -0.4 is 0 Å². The zero-order valence-electron chi connectivity index (χ0n) is 13.9. The number of non-ortho nitro benzene ring substituents is 1. The lowest BCUT2D eigenvalue weighted by Gasteiger charge is -2.34. The van der Waals surface area contributed by atoms with Gasteiger partial charge in [0.1, 0.15) is 0 Å². The number of piperazine rings is 1. The monoisotopic (exact) mass is 393 g/mol. The summed E-state index contributed by atoms with van der Waals surface area (Å²) in [5.74, 6) is -0.103. The first-order valence-corrected chi connectivity index (χ1v) is 8.89. The molecular formula is C18H17Cl2N3O3. The first kappa shape index (κ1) is 18.6. The lowest BCUT2D eigenvalue weighted by Crippen LogP contribution is -2.48. The Morgan fingerprint density at radius 3 is 2.23 bits per heavy atom. The Morgan fingerprint density at radius 1 is 1.00 bits per heavy atom. The third-order valence-electron chi connectivity index (χ3n) is 4.37. The van der Waals surface area contributed by atoms with E-state index in [0.717, 1.165) is 25.2 Å².